The first kappa shape index (κ1) is 11.4. The molecule has 0 fully saturated rings. The Balaban J connectivity index is 1.96. The minimum Gasteiger partial charge on any atom is -0.496 e. The van der Waals surface area contributed by atoms with Gasteiger partial charge in [0, 0.05) is 22.7 Å². The van der Waals surface area contributed by atoms with Crippen molar-refractivity contribution in [2.45, 2.75) is 12.5 Å². The van der Waals surface area contributed by atoms with Gasteiger partial charge >= 0.3 is 0 Å². The zero-order chi connectivity index (χ0) is 12.5. The SMILES string of the molecule is COc1cccc2c1CC(c1ccccc1Cl)N2. The lowest BCUT2D eigenvalue weighted by Crippen LogP contribution is -2.06. The molecule has 0 bridgehead atoms. The van der Waals surface area contributed by atoms with Crippen LogP contribution in [0.5, 0.6) is 5.75 Å². The molecule has 1 heterocycles. The van der Waals surface area contributed by atoms with Crippen LogP contribution in [-0.4, -0.2) is 7.11 Å². The Labute approximate surface area is 112 Å². The molecule has 2 aromatic carbocycles. The lowest BCUT2D eigenvalue weighted by Gasteiger charge is -2.13. The highest BCUT2D eigenvalue weighted by molar-refractivity contribution is 6.31. The van der Waals surface area contributed by atoms with Gasteiger partial charge in [-0.15, -0.1) is 0 Å². The fourth-order valence-electron chi connectivity index (χ4n) is 2.49. The van der Waals surface area contributed by atoms with Crippen LogP contribution >= 0.6 is 11.6 Å². The Kier molecular flexibility index (Phi) is 2.88. The van der Waals surface area contributed by atoms with Gasteiger partial charge in [0.1, 0.15) is 5.75 Å². The number of anilines is 1. The smallest absolute Gasteiger partial charge is 0.124 e. The molecule has 0 saturated carbocycles. The maximum Gasteiger partial charge on any atom is 0.124 e. The number of nitrogens with one attached hydrogen (secondary N) is 1. The van der Waals surface area contributed by atoms with Crippen LogP contribution in [0.25, 0.3) is 0 Å². The Bertz CT molecular complexity index is 582. The van der Waals surface area contributed by atoms with Crippen molar-refractivity contribution < 1.29 is 4.74 Å². The summed E-state index contributed by atoms with van der Waals surface area (Å²) in [6, 6.07) is 14.3. The second-order valence-corrected chi connectivity index (χ2v) is 4.82. The highest BCUT2D eigenvalue weighted by Crippen LogP contribution is 2.40. The third-order valence-electron chi connectivity index (χ3n) is 3.37. The van der Waals surface area contributed by atoms with E-state index >= 15 is 0 Å². The molecule has 0 spiro atoms. The van der Waals surface area contributed by atoms with Gasteiger partial charge in [-0.3, -0.25) is 0 Å². The third kappa shape index (κ3) is 1.83. The van der Waals surface area contributed by atoms with E-state index in [-0.39, 0.29) is 6.04 Å². The zero-order valence-electron chi connectivity index (χ0n) is 10.1. The summed E-state index contributed by atoms with van der Waals surface area (Å²) in [6.45, 7) is 0. The fraction of sp³-hybridized carbons (Fsp3) is 0.200. The number of fused-ring (bicyclic) bond motifs is 1. The summed E-state index contributed by atoms with van der Waals surface area (Å²) in [5, 5.41) is 4.31. The topological polar surface area (TPSA) is 21.3 Å². The van der Waals surface area contributed by atoms with Crippen LogP contribution in [0.15, 0.2) is 42.5 Å². The predicted molar refractivity (Wildman–Crippen MR) is 74.5 cm³/mol. The lowest BCUT2D eigenvalue weighted by atomic mass is 10.0. The summed E-state index contributed by atoms with van der Waals surface area (Å²) in [6.07, 6.45) is 0.906. The Hall–Kier alpha value is -1.67. The van der Waals surface area contributed by atoms with Crippen molar-refractivity contribution >= 4 is 17.3 Å². The van der Waals surface area contributed by atoms with Gasteiger partial charge in [0.05, 0.1) is 13.2 Å². The molecule has 1 unspecified atom stereocenters. The van der Waals surface area contributed by atoms with Crippen molar-refractivity contribution in [3.05, 3.63) is 58.6 Å². The molecular weight excluding hydrogens is 246 g/mol. The van der Waals surface area contributed by atoms with Crippen LogP contribution < -0.4 is 10.1 Å². The van der Waals surface area contributed by atoms with Crippen molar-refractivity contribution in [1.29, 1.82) is 0 Å². The Morgan fingerprint density at radius 1 is 1.17 bits per heavy atom. The fourth-order valence-corrected chi connectivity index (χ4v) is 2.76. The molecule has 2 aromatic rings. The standard InChI is InChI=1S/C15H14ClNO/c1-18-15-8-4-7-13-11(15)9-14(17-13)10-5-2-3-6-12(10)16/h2-8,14,17H,9H2,1H3. The maximum absolute atomic E-state index is 6.25. The van der Waals surface area contributed by atoms with Crippen molar-refractivity contribution in [3.63, 3.8) is 0 Å². The minimum absolute atomic E-state index is 0.227. The molecule has 92 valence electrons. The molecule has 1 N–H and O–H groups in total. The van der Waals surface area contributed by atoms with Crippen LogP contribution in [0.1, 0.15) is 17.2 Å². The van der Waals surface area contributed by atoms with E-state index in [1.165, 1.54) is 5.56 Å². The van der Waals surface area contributed by atoms with E-state index in [9.17, 15) is 0 Å². The first-order valence-electron chi connectivity index (χ1n) is 5.96. The van der Waals surface area contributed by atoms with E-state index in [4.69, 9.17) is 16.3 Å². The van der Waals surface area contributed by atoms with E-state index in [1.54, 1.807) is 7.11 Å². The number of methoxy groups -OCH3 is 1. The third-order valence-corrected chi connectivity index (χ3v) is 3.72. The summed E-state index contributed by atoms with van der Waals surface area (Å²) in [4.78, 5) is 0. The van der Waals surface area contributed by atoms with Crippen molar-refractivity contribution in [1.82, 2.24) is 0 Å². The number of ether oxygens (including phenoxy) is 1. The largest absolute Gasteiger partial charge is 0.496 e. The van der Waals surface area contributed by atoms with Gasteiger partial charge in [-0.25, -0.2) is 0 Å². The molecule has 0 aliphatic carbocycles. The second-order valence-electron chi connectivity index (χ2n) is 4.41. The average molecular weight is 260 g/mol. The van der Waals surface area contributed by atoms with Crippen molar-refractivity contribution in [2.24, 2.45) is 0 Å². The zero-order valence-corrected chi connectivity index (χ0v) is 10.9. The number of halogens is 1. The van der Waals surface area contributed by atoms with Gasteiger partial charge in [0.25, 0.3) is 0 Å². The number of rotatable bonds is 2. The summed E-state index contributed by atoms with van der Waals surface area (Å²) in [5.41, 5.74) is 3.50. The quantitative estimate of drug-likeness (QED) is 0.878. The minimum atomic E-state index is 0.227. The highest BCUT2D eigenvalue weighted by atomic mass is 35.5. The second kappa shape index (κ2) is 4.54. The van der Waals surface area contributed by atoms with Crippen LogP contribution in [0, 0.1) is 0 Å². The summed E-state index contributed by atoms with van der Waals surface area (Å²) in [7, 11) is 1.71. The molecule has 0 saturated heterocycles. The highest BCUT2D eigenvalue weighted by Gasteiger charge is 2.25. The predicted octanol–water partition coefficient (Wildman–Crippen LogP) is 4.06. The molecule has 2 nitrogen and oxygen atoms in total. The molecule has 0 amide bonds. The van der Waals surface area contributed by atoms with Gasteiger partial charge in [0.2, 0.25) is 0 Å². The molecule has 1 aliphatic rings. The van der Waals surface area contributed by atoms with Crippen LogP contribution in [0.2, 0.25) is 5.02 Å². The van der Waals surface area contributed by atoms with E-state index in [1.807, 2.05) is 30.3 Å². The summed E-state index contributed by atoms with van der Waals surface area (Å²) in [5.74, 6) is 0.939. The van der Waals surface area contributed by atoms with Gasteiger partial charge in [-0.1, -0.05) is 35.9 Å². The van der Waals surface area contributed by atoms with Crippen LogP contribution in [0.4, 0.5) is 5.69 Å². The summed E-state index contributed by atoms with van der Waals surface area (Å²) < 4.78 is 5.40. The van der Waals surface area contributed by atoms with Gasteiger partial charge in [-0.2, -0.15) is 0 Å². The molecule has 0 aromatic heterocycles. The van der Waals surface area contributed by atoms with E-state index in [0.29, 0.717) is 0 Å². The monoisotopic (exact) mass is 259 g/mol. The molecule has 0 radical (unpaired) electrons. The van der Waals surface area contributed by atoms with E-state index < -0.39 is 0 Å². The van der Waals surface area contributed by atoms with Crippen LogP contribution in [-0.2, 0) is 6.42 Å². The maximum atomic E-state index is 6.25. The van der Waals surface area contributed by atoms with E-state index in [2.05, 4.69) is 17.4 Å². The normalized spacial score (nSPS) is 17.1. The van der Waals surface area contributed by atoms with Gasteiger partial charge in [0.15, 0.2) is 0 Å². The van der Waals surface area contributed by atoms with Gasteiger partial charge < -0.3 is 10.1 Å². The van der Waals surface area contributed by atoms with Crippen LogP contribution in [0.3, 0.4) is 0 Å². The first-order chi connectivity index (χ1) is 8.79. The number of hydrogen-bond acceptors (Lipinski definition) is 2. The average Bonchev–Trinajstić information content (AvgIpc) is 2.82. The van der Waals surface area contributed by atoms with Gasteiger partial charge in [-0.05, 0) is 23.8 Å². The molecular formula is C15H14ClNO. The first-order valence-corrected chi connectivity index (χ1v) is 6.34. The summed E-state index contributed by atoms with van der Waals surface area (Å²) >= 11 is 6.25. The molecule has 1 atom stereocenters. The molecule has 18 heavy (non-hydrogen) atoms. The van der Waals surface area contributed by atoms with E-state index in [0.717, 1.165) is 28.4 Å². The Morgan fingerprint density at radius 2 is 2.00 bits per heavy atom. The molecule has 1 aliphatic heterocycles. The Morgan fingerprint density at radius 3 is 2.78 bits per heavy atom. The molecule has 3 heteroatoms. The van der Waals surface area contributed by atoms with Crippen molar-refractivity contribution in [2.75, 3.05) is 12.4 Å². The number of benzene rings is 2. The lowest BCUT2D eigenvalue weighted by molar-refractivity contribution is 0.410. The number of hydrogen-bond donors (Lipinski definition) is 1. The molecule has 3 rings (SSSR count). The van der Waals surface area contributed by atoms with Crippen molar-refractivity contribution in [3.8, 4) is 5.75 Å².